The molecule has 4 nitrogen and oxygen atoms in total. The van der Waals surface area contributed by atoms with Gasteiger partial charge in [0.25, 0.3) is 0 Å². The van der Waals surface area contributed by atoms with Crippen molar-refractivity contribution in [3.8, 4) is 11.5 Å². The van der Waals surface area contributed by atoms with E-state index in [1.54, 1.807) is 36.1 Å². The van der Waals surface area contributed by atoms with E-state index >= 15 is 0 Å². The summed E-state index contributed by atoms with van der Waals surface area (Å²) < 4.78 is 2.83. The summed E-state index contributed by atoms with van der Waals surface area (Å²) in [5.74, 6) is 0.813. The topological polar surface area (TPSA) is 43.6 Å². The molecule has 3 aromatic heterocycles. The Balaban J connectivity index is 1.93. The normalized spacial score (nSPS) is 10.7. The van der Waals surface area contributed by atoms with Crippen LogP contribution in [0.1, 0.15) is 4.88 Å². The molecular weight excluding hydrogens is 268 g/mol. The van der Waals surface area contributed by atoms with Crippen LogP contribution >= 0.6 is 22.9 Å². The fraction of sp³-hybridized carbons (Fsp3) is 0.0833. The van der Waals surface area contributed by atoms with Gasteiger partial charge in [-0.05, 0) is 12.1 Å². The van der Waals surface area contributed by atoms with E-state index in [1.807, 2.05) is 22.9 Å². The number of rotatable bonds is 3. The number of thiophene rings is 1. The maximum atomic E-state index is 5.93. The molecule has 0 aromatic carbocycles. The fourth-order valence-electron chi connectivity index (χ4n) is 1.69. The lowest BCUT2D eigenvalue weighted by Crippen LogP contribution is -2.00. The molecule has 0 spiro atoms. The fourth-order valence-corrected chi connectivity index (χ4v) is 2.78. The van der Waals surface area contributed by atoms with E-state index in [1.165, 1.54) is 4.88 Å². The molecule has 0 radical (unpaired) electrons. The van der Waals surface area contributed by atoms with E-state index in [-0.39, 0.29) is 0 Å². The summed E-state index contributed by atoms with van der Waals surface area (Å²) >= 11 is 7.50. The van der Waals surface area contributed by atoms with Gasteiger partial charge in [0.15, 0.2) is 5.82 Å². The van der Waals surface area contributed by atoms with Crippen molar-refractivity contribution in [2.75, 3.05) is 0 Å². The van der Waals surface area contributed by atoms with Gasteiger partial charge in [0.05, 0.1) is 17.1 Å². The maximum Gasteiger partial charge on any atom is 0.160 e. The van der Waals surface area contributed by atoms with Crippen molar-refractivity contribution in [2.45, 2.75) is 6.54 Å². The van der Waals surface area contributed by atoms with Crippen LogP contribution in [0.25, 0.3) is 11.5 Å². The molecule has 0 saturated heterocycles. The Hall–Kier alpha value is -1.72. The molecule has 0 aliphatic heterocycles. The van der Waals surface area contributed by atoms with Crippen LogP contribution < -0.4 is 0 Å². The molecule has 0 amide bonds. The number of halogens is 1. The Morgan fingerprint density at radius 3 is 2.83 bits per heavy atom. The molecule has 3 aromatic rings. The van der Waals surface area contributed by atoms with Gasteiger partial charge in [-0.1, -0.05) is 11.6 Å². The van der Waals surface area contributed by atoms with Gasteiger partial charge >= 0.3 is 0 Å². The highest BCUT2D eigenvalue weighted by Gasteiger charge is 2.08. The third-order valence-corrected chi connectivity index (χ3v) is 3.68. The molecule has 0 atom stereocenters. The van der Waals surface area contributed by atoms with Crippen LogP contribution in [0.4, 0.5) is 0 Å². The van der Waals surface area contributed by atoms with Gasteiger partial charge < -0.3 is 4.57 Å². The molecule has 0 saturated carbocycles. The van der Waals surface area contributed by atoms with Crippen molar-refractivity contribution >= 4 is 22.9 Å². The maximum absolute atomic E-state index is 5.93. The molecule has 3 heterocycles. The predicted octanol–water partition coefficient (Wildman–Crippen LogP) is 3.10. The van der Waals surface area contributed by atoms with Crippen molar-refractivity contribution in [3.63, 3.8) is 0 Å². The second kappa shape index (κ2) is 4.88. The molecule has 18 heavy (non-hydrogen) atoms. The van der Waals surface area contributed by atoms with Crippen LogP contribution in [0.2, 0.25) is 4.34 Å². The molecule has 0 fully saturated rings. The van der Waals surface area contributed by atoms with Crippen molar-refractivity contribution in [1.29, 1.82) is 0 Å². The largest absolute Gasteiger partial charge is 0.324 e. The zero-order valence-electron chi connectivity index (χ0n) is 9.32. The first-order valence-electron chi connectivity index (χ1n) is 5.34. The van der Waals surface area contributed by atoms with Crippen LogP contribution in [0.5, 0.6) is 0 Å². The summed E-state index contributed by atoms with van der Waals surface area (Å²) in [5, 5.41) is 0. The average Bonchev–Trinajstić information content (AvgIpc) is 3.00. The molecule has 90 valence electrons. The van der Waals surface area contributed by atoms with Crippen molar-refractivity contribution < 1.29 is 0 Å². The van der Waals surface area contributed by atoms with Crippen LogP contribution in [0, 0.1) is 0 Å². The first-order chi connectivity index (χ1) is 8.83. The van der Waals surface area contributed by atoms with Gasteiger partial charge in [-0.2, -0.15) is 0 Å². The Kier molecular flexibility index (Phi) is 3.08. The van der Waals surface area contributed by atoms with Crippen LogP contribution in [-0.2, 0) is 6.54 Å². The third kappa shape index (κ3) is 2.27. The predicted molar refractivity (Wildman–Crippen MR) is 71.7 cm³/mol. The average molecular weight is 277 g/mol. The minimum atomic E-state index is 0.739. The van der Waals surface area contributed by atoms with Crippen molar-refractivity contribution in [1.82, 2.24) is 19.5 Å². The Bertz CT molecular complexity index is 647. The summed E-state index contributed by atoms with van der Waals surface area (Å²) in [5.41, 5.74) is 0.769. The highest BCUT2D eigenvalue weighted by atomic mass is 35.5. The van der Waals surface area contributed by atoms with Crippen LogP contribution in [0.3, 0.4) is 0 Å². The van der Waals surface area contributed by atoms with Crippen molar-refractivity contribution in [3.05, 3.63) is 52.3 Å². The van der Waals surface area contributed by atoms with E-state index < -0.39 is 0 Å². The second-order valence-electron chi connectivity index (χ2n) is 3.68. The van der Waals surface area contributed by atoms with Gasteiger partial charge in [0.1, 0.15) is 5.69 Å². The lowest BCUT2D eigenvalue weighted by Gasteiger charge is -2.05. The first kappa shape index (κ1) is 11.4. The number of nitrogens with zero attached hydrogens (tertiary/aromatic N) is 4. The Morgan fingerprint density at radius 2 is 2.11 bits per heavy atom. The highest BCUT2D eigenvalue weighted by molar-refractivity contribution is 7.16. The summed E-state index contributed by atoms with van der Waals surface area (Å²) in [6.45, 7) is 0.739. The van der Waals surface area contributed by atoms with E-state index in [9.17, 15) is 0 Å². The molecule has 3 rings (SSSR count). The monoisotopic (exact) mass is 276 g/mol. The molecule has 0 unspecified atom stereocenters. The standard InChI is InChI=1S/C12H9ClN4S/c13-11-2-1-9(18-11)8-17-6-5-16-12(17)10-7-14-3-4-15-10/h1-7H,8H2. The lowest BCUT2D eigenvalue weighted by molar-refractivity contribution is 0.815. The third-order valence-electron chi connectivity index (χ3n) is 2.46. The van der Waals surface area contributed by atoms with E-state index in [4.69, 9.17) is 11.6 Å². The number of hydrogen-bond donors (Lipinski definition) is 0. The van der Waals surface area contributed by atoms with Gasteiger partial charge in [-0.15, -0.1) is 11.3 Å². The summed E-state index contributed by atoms with van der Waals surface area (Å²) in [4.78, 5) is 13.8. The first-order valence-corrected chi connectivity index (χ1v) is 6.54. The molecule has 0 N–H and O–H groups in total. The zero-order chi connectivity index (χ0) is 12.4. The van der Waals surface area contributed by atoms with E-state index in [0.717, 1.165) is 22.4 Å². The number of hydrogen-bond acceptors (Lipinski definition) is 4. The van der Waals surface area contributed by atoms with Crippen molar-refractivity contribution in [2.24, 2.45) is 0 Å². The highest BCUT2D eigenvalue weighted by Crippen LogP contribution is 2.23. The molecule has 0 aliphatic carbocycles. The summed E-state index contributed by atoms with van der Waals surface area (Å²) in [7, 11) is 0. The number of imidazole rings is 1. The quantitative estimate of drug-likeness (QED) is 0.738. The zero-order valence-corrected chi connectivity index (χ0v) is 10.9. The summed E-state index contributed by atoms with van der Waals surface area (Å²) in [6.07, 6.45) is 8.71. The van der Waals surface area contributed by atoms with E-state index in [0.29, 0.717) is 0 Å². The number of aromatic nitrogens is 4. The van der Waals surface area contributed by atoms with Gasteiger partial charge in [-0.25, -0.2) is 9.97 Å². The Labute approximate surface area is 113 Å². The summed E-state index contributed by atoms with van der Waals surface area (Å²) in [6, 6.07) is 3.92. The van der Waals surface area contributed by atoms with Gasteiger partial charge in [0, 0.05) is 29.7 Å². The SMILES string of the molecule is Clc1ccc(Cn2ccnc2-c2cnccn2)s1. The second-order valence-corrected chi connectivity index (χ2v) is 5.47. The molecule has 6 heteroatoms. The molecular formula is C12H9ClN4S. The van der Waals surface area contributed by atoms with Crippen LogP contribution in [0.15, 0.2) is 43.1 Å². The van der Waals surface area contributed by atoms with Crippen LogP contribution in [-0.4, -0.2) is 19.5 Å². The smallest absolute Gasteiger partial charge is 0.160 e. The van der Waals surface area contributed by atoms with E-state index in [2.05, 4.69) is 15.0 Å². The lowest BCUT2D eigenvalue weighted by atomic mass is 10.4. The van der Waals surface area contributed by atoms with Gasteiger partial charge in [-0.3, -0.25) is 4.98 Å². The molecule has 0 bridgehead atoms. The molecule has 0 aliphatic rings. The Morgan fingerprint density at radius 1 is 1.17 bits per heavy atom. The minimum Gasteiger partial charge on any atom is -0.324 e. The minimum absolute atomic E-state index is 0.739. The van der Waals surface area contributed by atoms with Gasteiger partial charge in [0.2, 0.25) is 0 Å².